The fraction of sp³-hybridized carbons (Fsp3) is 0.417. The van der Waals surface area contributed by atoms with Crippen LogP contribution in [0.25, 0.3) is 0 Å². The number of hydrogen-bond donors (Lipinski definition) is 3. The van der Waals surface area contributed by atoms with Gasteiger partial charge in [0.1, 0.15) is 0 Å². The third-order valence-electron chi connectivity index (χ3n) is 5.97. The zero-order chi connectivity index (χ0) is 21.6. The second kappa shape index (κ2) is 10.4. The van der Waals surface area contributed by atoms with Gasteiger partial charge < -0.3 is 16.0 Å². The lowest BCUT2D eigenvalue weighted by atomic mass is 9.98. The molecule has 7 heteroatoms. The standard InChI is InChI=1S/C24H28ClN3O2S/c25-18-12-10-16(11-13-18)14-19(17-6-2-1-3-7-17)26-22(29)9-5-4-8-21-23-20(15-31-21)27-24(30)28-23/h1-3,6-7,10-13,19-21,23H,4-5,8-9,14-15H2,(H,26,29)(H2,27,28,30)/t19?,20-,21-,23-/m0/s1. The molecule has 3 amide bonds. The first-order valence-electron chi connectivity index (χ1n) is 10.9. The largest absolute Gasteiger partial charge is 0.349 e. The molecule has 0 saturated carbocycles. The molecule has 0 bridgehead atoms. The van der Waals surface area contributed by atoms with Crippen LogP contribution in [-0.2, 0) is 11.2 Å². The van der Waals surface area contributed by atoms with Gasteiger partial charge in [-0.05, 0) is 42.5 Å². The van der Waals surface area contributed by atoms with Crippen molar-refractivity contribution in [2.45, 2.75) is 55.5 Å². The second-order valence-corrected chi connectivity index (χ2v) is 9.94. The Morgan fingerprint density at radius 1 is 1.10 bits per heavy atom. The van der Waals surface area contributed by atoms with Crippen LogP contribution in [0.4, 0.5) is 4.79 Å². The zero-order valence-electron chi connectivity index (χ0n) is 17.4. The molecule has 2 aromatic carbocycles. The van der Waals surface area contributed by atoms with Gasteiger partial charge in [-0.3, -0.25) is 4.79 Å². The Morgan fingerprint density at radius 2 is 1.87 bits per heavy atom. The third-order valence-corrected chi connectivity index (χ3v) is 7.73. The lowest BCUT2D eigenvalue weighted by Crippen LogP contribution is -2.36. The lowest BCUT2D eigenvalue weighted by molar-refractivity contribution is -0.122. The fourth-order valence-corrected chi connectivity index (χ4v) is 6.00. The number of hydrogen-bond acceptors (Lipinski definition) is 3. The van der Waals surface area contributed by atoms with Crippen LogP contribution in [0.1, 0.15) is 42.9 Å². The molecule has 2 heterocycles. The predicted molar refractivity (Wildman–Crippen MR) is 126 cm³/mol. The number of halogens is 1. The van der Waals surface area contributed by atoms with E-state index in [1.165, 1.54) is 0 Å². The third kappa shape index (κ3) is 5.95. The summed E-state index contributed by atoms with van der Waals surface area (Å²) in [7, 11) is 0. The molecule has 0 radical (unpaired) electrons. The van der Waals surface area contributed by atoms with Gasteiger partial charge >= 0.3 is 6.03 Å². The minimum Gasteiger partial charge on any atom is -0.349 e. The van der Waals surface area contributed by atoms with E-state index in [0.29, 0.717) is 16.7 Å². The molecule has 2 aliphatic heterocycles. The SMILES string of the molecule is O=C(CCCC[C@@H]1SC[C@@H]2NC(=O)N[C@@H]21)NC(Cc1ccc(Cl)cc1)c1ccccc1. The van der Waals surface area contributed by atoms with Crippen LogP contribution in [0.3, 0.4) is 0 Å². The highest BCUT2D eigenvalue weighted by Crippen LogP contribution is 2.33. The summed E-state index contributed by atoms with van der Waals surface area (Å²) in [6.07, 6.45) is 4.09. The number of urea groups is 1. The topological polar surface area (TPSA) is 70.2 Å². The number of carbonyl (C=O) groups is 2. The van der Waals surface area contributed by atoms with Crippen molar-refractivity contribution in [2.24, 2.45) is 0 Å². The van der Waals surface area contributed by atoms with E-state index >= 15 is 0 Å². The van der Waals surface area contributed by atoms with Gasteiger partial charge in [0, 0.05) is 22.4 Å². The minimum atomic E-state index is -0.0687. The minimum absolute atomic E-state index is 0.0488. The van der Waals surface area contributed by atoms with Gasteiger partial charge in [0.05, 0.1) is 18.1 Å². The smallest absolute Gasteiger partial charge is 0.315 e. The molecule has 4 rings (SSSR count). The number of thioether (sulfide) groups is 1. The number of fused-ring (bicyclic) bond motifs is 1. The number of nitrogens with one attached hydrogen (secondary N) is 3. The molecular weight excluding hydrogens is 430 g/mol. The van der Waals surface area contributed by atoms with E-state index in [9.17, 15) is 9.59 Å². The quantitative estimate of drug-likeness (QED) is 0.384. The molecule has 4 atom stereocenters. The molecule has 5 nitrogen and oxygen atoms in total. The summed E-state index contributed by atoms with van der Waals surface area (Å²) in [4.78, 5) is 24.2. The van der Waals surface area contributed by atoms with Crippen molar-refractivity contribution in [1.29, 1.82) is 0 Å². The molecule has 164 valence electrons. The molecule has 0 aliphatic carbocycles. The molecule has 2 aliphatic rings. The van der Waals surface area contributed by atoms with E-state index in [0.717, 1.165) is 42.6 Å². The lowest BCUT2D eigenvalue weighted by Gasteiger charge is -2.20. The highest BCUT2D eigenvalue weighted by atomic mass is 35.5. The Morgan fingerprint density at radius 3 is 2.65 bits per heavy atom. The number of benzene rings is 2. The van der Waals surface area contributed by atoms with E-state index in [2.05, 4.69) is 28.1 Å². The van der Waals surface area contributed by atoms with Gasteiger partial charge in [0.15, 0.2) is 0 Å². The normalized spacial score (nSPS) is 23.0. The van der Waals surface area contributed by atoms with Crippen molar-refractivity contribution >= 4 is 35.3 Å². The number of rotatable bonds is 9. The van der Waals surface area contributed by atoms with Gasteiger partial charge in [-0.25, -0.2) is 4.79 Å². The summed E-state index contributed by atoms with van der Waals surface area (Å²) in [6.45, 7) is 0. The Bertz CT molecular complexity index is 893. The second-order valence-electron chi connectivity index (χ2n) is 8.23. The molecule has 3 N–H and O–H groups in total. The molecular formula is C24H28ClN3O2S. The van der Waals surface area contributed by atoms with E-state index in [4.69, 9.17) is 11.6 Å². The van der Waals surface area contributed by atoms with Crippen LogP contribution in [0.2, 0.25) is 5.02 Å². The van der Waals surface area contributed by atoms with E-state index in [1.54, 1.807) is 0 Å². The molecule has 31 heavy (non-hydrogen) atoms. The molecule has 2 aromatic rings. The van der Waals surface area contributed by atoms with Crippen molar-refractivity contribution in [2.75, 3.05) is 5.75 Å². The zero-order valence-corrected chi connectivity index (χ0v) is 18.9. The Hall–Kier alpha value is -2.18. The van der Waals surface area contributed by atoms with Gasteiger partial charge in [0.25, 0.3) is 0 Å². The van der Waals surface area contributed by atoms with Gasteiger partial charge in [-0.1, -0.05) is 60.5 Å². The van der Waals surface area contributed by atoms with Crippen molar-refractivity contribution in [3.63, 3.8) is 0 Å². The summed E-state index contributed by atoms with van der Waals surface area (Å²) in [5.41, 5.74) is 2.24. The van der Waals surface area contributed by atoms with Crippen LogP contribution in [0.15, 0.2) is 54.6 Å². The summed E-state index contributed by atoms with van der Waals surface area (Å²) >= 11 is 7.93. The molecule has 2 fully saturated rings. The summed E-state index contributed by atoms with van der Waals surface area (Å²) in [5, 5.41) is 10.4. The number of carbonyl (C=O) groups excluding carboxylic acids is 2. The Kier molecular flexibility index (Phi) is 7.41. The van der Waals surface area contributed by atoms with E-state index in [-0.39, 0.29) is 30.1 Å². The van der Waals surface area contributed by atoms with Crippen molar-refractivity contribution < 1.29 is 9.59 Å². The predicted octanol–water partition coefficient (Wildman–Crippen LogP) is 4.47. The van der Waals surface area contributed by atoms with E-state index < -0.39 is 0 Å². The van der Waals surface area contributed by atoms with Crippen molar-refractivity contribution in [3.8, 4) is 0 Å². The van der Waals surface area contributed by atoms with Gasteiger partial charge in [-0.2, -0.15) is 11.8 Å². The highest BCUT2D eigenvalue weighted by Gasteiger charge is 2.42. The van der Waals surface area contributed by atoms with Gasteiger partial charge in [-0.15, -0.1) is 0 Å². The van der Waals surface area contributed by atoms with Crippen LogP contribution < -0.4 is 16.0 Å². The first-order valence-corrected chi connectivity index (χ1v) is 12.3. The maximum absolute atomic E-state index is 12.7. The maximum Gasteiger partial charge on any atom is 0.315 e. The van der Waals surface area contributed by atoms with Crippen LogP contribution in [-0.4, -0.2) is 35.0 Å². The molecule has 0 spiro atoms. The van der Waals surface area contributed by atoms with Crippen LogP contribution in [0.5, 0.6) is 0 Å². The molecule has 2 saturated heterocycles. The van der Waals surface area contributed by atoms with Crippen molar-refractivity contribution in [1.82, 2.24) is 16.0 Å². The van der Waals surface area contributed by atoms with Gasteiger partial charge in [0.2, 0.25) is 5.91 Å². The van der Waals surface area contributed by atoms with Crippen LogP contribution >= 0.6 is 23.4 Å². The highest BCUT2D eigenvalue weighted by molar-refractivity contribution is 8.00. The van der Waals surface area contributed by atoms with Crippen LogP contribution in [0, 0.1) is 0 Å². The number of amides is 3. The fourth-order valence-electron chi connectivity index (χ4n) is 4.33. The Balaban J connectivity index is 1.26. The maximum atomic E-state index is 12.7. The first-order chi connectivity index (χ1) is 15.1. The van der Waals surface area contributed by atoms with E-state index in [1.807, 2.05) is 54.2 Å². The summed E-state index contributed by atoms with van der Waals surface area (Å²) in [6, 6.07) is 18.2. The average molecular weight is 458 g/mol. The molecule has 1 unspecified atom stereocenters. The van der Waals surface area contributed by atoms with Crippen molar-refractivity contribution in [3.05, 3.63) is 70.7 Å². The Labute approximate surface area is 192 Å². The monoisotopic (exact) mass is 457 g/mol. The molecule has 0 aromatic heterocycles. The number of unbranched alkanes of at least 4 members (excludes halogenated alkanes) is 1. The summed E-state index contributed by atoms with van der Waals surface area (Å²) < 4.78 is 0. The average Bonchev–Trinajstić information content (AvgIpc) is 3.32. The first kappa shape index (κ1) is 22.0. The summed E-state index contributed by atoms with van der Waals surface area (Å²) in [5.74, 6) is 1.05.